The van der Waals surface area contributed by atoms with Crippen LogP contribution in [0.2, 0.25) is 0 Å². The molecule has 0 saturated carbocycles. The maximum atomic E-state index is 12.3. The first-order chi connectivity index (χ1) is 9.66. The zero-order valence-electron chi connectivity index (χ0n) is 12.5. The lowest BCUT2D eigenvalue weighted by molar-refractivity contribution is -0.140. The van der Waals surface area contributed by atoms with Gasteiger partial charge < -0.3 is 9.64 Å². The van der Waals surface area contributed by atoms with Gasteiger partial charge in [-0.05, 0) is 24.6 Å². The predicted octanol–water partition coefficient (Wildman–Crippen LogP) is 1.03. The van der Waals surface area contributed by atoms with Crippen molar-refractivity contribution in [1.82, 2.24) is 4.90 Å². The van der Waals surface area contributed by atoms with E-state index >= 15 is 0 Å². The molecule has 0 unspecified atom stereocenters. The number of carbonyl (C=O) groups excluding carboxylic acids is 2. The van der Waals surface area contributed by atoms with Crippen molar-refractivity contribution < 1.29 is 22.7 Å². The highest BCUT2D eigenvalue weighted by molar-refractivity contribution is 7.90. The summed E-state index contributed by atoms with van der Waals surface area (Å²) in [5, 5.41) is 0. The molecule has 0 spiro atoms. The Hall–Kier alpha value is -1.89. The van der Waals surface area contributed by atoms with Gasteiger partial charge in [0.05, 0.1) is 18.4 Å². The van der Waals surface area contributed by atoms with Gasteiger partial charge in [-0.25, -0.2) is 8.42 Å². The second kappa shape index (κ2) is 6.71. The third-order valence-corrected chi connectivity index (χ3v) is 4.20. The topological polar surface area (TPSA) is 80.8 Å². The van der Waals surface area contributed by atoms with Crippen LogP contribution < -0.4 is 0 Å². The van der Waals surface area contributed by atoms with Crippen LogP contribution in [-0.4, -0.2) is 52.2 Å². The van der Waals surface area contributed by atoms with Gasteiger partial charge in [-0.3, -0.25) is 9.59 Å². The van der Waals surface area contributed by atoms with Gasteiger partial charge in [0.2, 0.25) is 0 Å². The molecule has 7 heteroatoms. The molecule has 1 aromatic carbocycles. The van der Waals surface area contributed by atoms with Crippen molar-refractivity contribution in [2.75, 3.05) is 27.0 Å². The van der Waals surface area contributed by atoms with Crippen molar-refractivity contribution in [3.8, 4) is 0 Å². The van der Waals surface area contributed by atoms with Crippen molar-refractivity contribution in [3.05, 3.63) is 29.3 Å². The third kappa shape index (κ3) is 4.56. The minimum absolute atomic E-state index is 0.0869. The summed E-state index contributed by atoms with van der Waals surface area (Å²) in [7, 11) is -0.541. The maximum absolute atomic E-state index is 12.3. The molecule has 0 saturated heterocycles. The van der Waals surface area contributed by atoms with Gasteiger partial charge in [0, 0.05) is 25.4 Å². The van der Waals surface area contributed by atoms with Gasteiger partial charge >= 0.3 is 5.97 Å². The molecular weight excluding hydrogens is 294 g/mol. The van der Waals surface area contributed by atoms with E-state index in [0.717, 1.165) is 6.26 Å². The Morgan fingerprint density at radius 2 is 1.90 bits per heavy atom. The van der Waals surface area contributed by atoms with Crippen LogP contribution >= 0.6 is 0 Å². The van der Waals surface area contributed by atoms with E-state index in [2.05, 4.69) is 4.74 Å². The van der Waals surface area contributed by atoms with E-state index in [1.54, 1.807) is 20.0 Å². The Morgan fingerprint density at radius 1 is 1.29 bits per heavy atom. The number of hydrogen-bond acceptors (Lipinski definition) is 5. The van der Waals surface area contributed by atoms with Gasteiger partial charge in [-0.15, -0.1) is 0 Å². The van der Waals surface area contributed by atoms with E-state index in [1.807, 2.05) is 0 Å². The lowest BCUT2D eigenvalue weighted by Gasteiger charge is -2.18. The summed E-state index contributed by atoms with van der Waals surface area (Å²) < 4.78 is 27.6. The number of carbonyl (C=O) groups is 2. The molecule has 1 amide bonds. The summed E-state index contributed by atoms with van der Waals surface area (Å²) >= 11 is 0. The van der Waals surface area contributed by atoms with E-state index in [0.29, 0.717) is 11.1 Å². The van der Waals surface area contributed by atoms with E-state index < -0.39 is 15.8 Å². The summed E-state index contributed by atoms with van der Waals surface area (Å²) in [5.74, 6) is -0.738. The average molecular weight is 313 g/mol. The monoisotopic (exact) mass is 313 g/mol. The fraction of sp³-hybridized carbons (Fsp3) is 0.429. The van der Waals surface area contributed by atoms with Gasteiger partial charge in [-0.1, -0.05) is 6.07 Å². The molecule has 6 nitrogen and oxygen atoms in total. The average Bonchev–Trinajstić information content (AvgIpc) is 2.42. The van der Waals surface area contributed by atoms with Gasteiger partial charge in [0.25, 0.3) is 5.91 Å². The zero-order chi connectivity index (χ0) is 16.2. The van der Waals surface area contributed by atoms with Gasteiger partial charge in [0.15, 0.2) is 9.84 Å². The molecule has 0 atom stereocenters. The molecule has 0 aliphatic carbocycles. The normalized spacial score (nSPS) is 11.0. The van der Waals surface area contributed by atoms with Crippen LogP contribution in [0.15, 0.2) is 23.1 Å². The third-order valence-electron chi connectivity index (χ3n) is 3.09. The maximum Gasteiger partial charge on any atom is 0.307 e. The number of aryl methyl sites for hydroxylation is 1. The van der Waals surface area contributed by atoms with Crippen LogP contribution in [-0.2, 0) is 19.4 Å². The molecular formula is C14H19NO5S. The Morgan fingerprint density at radius 3 is 2.43 bits per heavy atom. The number of hydrogen-bond donors (Lipinski definition) is 0. The lowest BCUT2D eigenvalue weighted by atomic mass is 10.1. The largest absolute Gasteiger partial charge is 0.469 e. The number of benzene rings is 1. The molecule has 116 valence electrons. The van der Waals surface area contributed by atoms with E-state index in [1.165, 1.54) is 24.1 Å². The van der Waals surface area contributed by atoms with Crippen molar-refractivity contribution in [1.29, 1.82) is 0 Å². The predicted molar refractivity (Wildman–Crippen MR) is 77.9 cm³/mol. The molecule has 0 bridgehead atoms. The van der Waals surface area contributed by atoms with Crippen LogP contribution in [0.4, 0.5) is 0 Å². The number of esters is 1. The molecule has 0 aliphatic heterocycles. The van der Waals surface area contributed by atoms with Crippen LogP contribution in [0.3, 0.4) is 0 Å². The summed E-state index contributed by atoms with van der Waals surface area (Å²) in [4.78, 5) is 24.9. The summed E-state index contributed by atoms with van der Waals surface area (Å²) in [6, 6.07) is 4.43. The fourth-order valence-electron chi connectivity index (χ4n) is 1.73. The van der Waals surface area contributed by atoms with Gasteiger partial charge in [0.1, 0.15) is 0 Å². The number of ether oxygens (including phenoxy) is 1. The standard InChI is InChI=1S/C14H19NO5S/c1-10-5-6-11(21(4,18)19)9-12(10)14(17)15(2)8-7-13(16)20-3/h5-6,9H,7-8H2,1-4H3. The molecule has 0 aromatic heterocycles. The molecule has 0 radical (unpaired) electrons. The summed E-state index contributed by atoms with van der Waals surface area (Å²) in [6.45, 7) is 1.93. The number of methoxy groups -OCH3 is 1. The van der Waals surface area contributed by atoms with Crippen LogP contribution in [0.5, 0.6) is 0 Å². The molecule has 1 aromatic rings. The number of rotatable bonds is 5. The SMILES string of the molecule is COC(=O)CCN(C)C(=O)c1cc(S(C)(=O)=O)ccc1C. The highest BCUT2D eigenvalue weighted by atomic mass is 32.2. The van der Waals surface area contributed by atoms with E-state index in [9.17, 15) is 18.0 Å². The lowest BCUT2D eigenvalue weighted by Crippen LogP contribution is -2.30. The fourth-order valence-corrected chi connectivity index (χ4v) is 2.38. The van der Waals surface area contributed by atoms with Crippen LogP contribution in [0.1, 0.15) is 22.3 Å². The quantitative estimate of drug-likeness (QED) is 0.759. The minimum Gasteiger partial charge on any atom is -0.469 e. The Kier molecular flexibility index (Phi) is 5.48. The first-order valence-electron chi connectivity index (χ1n) is 6.29. The van der Waals surface area contributed by atoms with Crippen molar-refractivity contribution in [3.63, 3.8) is 0 Å². The number of nitrogens with zero attached hydrogens (tertiary/aromatic N) is 1. The van der Waals surface area contributed by atoms with Crippen LogP contribution in [0, 0.1) is 6.92 Å². The van der Waals surface area contributed by atoms with Crippen molar-refractivity contribution in [2.45, 2.75) is 18.2 Å². The summed E-state index contributed by atoms with van der Waals surface area (Å²) in [6.07, 6.45) is 1.18. The molecule has 1 rings (SSSR count). The van der Waals surface area contributed by atoms with Crippen LogP contribution in [0.25, 0.3) is 0 Å². The van der Waals surface area contributed by atoms with E-state index in [-0.39, 0.29) is 23.8 Å². The zero-order valence-corrected chi connectivity index (χ0v) is 13.4. The Labute approximate surface area is 124 Å². The molecule has 0 aliphatic rings. The van der Waals surface area contributed by atoms with Crippen molar-refractivity contribution >= 4 is 21.7 Å². The van der Waals surface area contributed by atoms with Crippen molar-refractivity contribution in [2.24, 2.45) is 0 Å². The second-order valence-corrected chi connectivity index (χ2v) is 6.82. The van der Waals surface area contributed by atoms with Gasteiger partial charge in [-0.2, -0.15) is 0 Å². The Bertz CT molecular complexity index is 651. The highest BCUT2D eigenvalue weighted by Crippen LogP contribution is 2.17. The minimum atomic E-state index is -3.38. The summed E-state index contributed by atoms with van der Waals surface area (Å²) in [5.41, 5.74) is 0.989. The first kappa shape index (κ1) is 17.2. The highest BCUT2D eigenvalue weighted by Gasteiger charge is 2.18. The molecule has 21 heavy (non-hydrogen) atoms. The van der Waals surface area contributed by atoms with E-state index in [4.69, 9.17) is 0 Å². The first-order valence-corrected chi connectivity index (χ1v) is 8.19. The molecule has 0 fully saturated rings. The molecule has 0 heterocycles. The number of sulfone groups is 1. The second-order valence-electron chi connectivity index (χ2n) is 4.80. The molecule has 0 N–H and O–H groups in total. The number of amides is 1. The smallest absolute Gasteiger partial charge is 0.307 e. The Balaban J connectivity index is 2.99.